The first kappa shape index (κ1) is 16.4. The van der Waals surface area contributed by atoms with Crippen LogP contribution < -0.4 is 15.4 Å². The fraction of sp³-hybridized carbons (Fsp3) is 0.750. The van der Waals surface area contributed by atoms with E-state index in [1.165, 1.54) is 0 Å². The maximum absolute atomic E-state index is 5.42. The molecule has 8 nitrogen and oxygen atoms in total. The highest BCUT2D eigenvalue weighted by Crippen LogP contribution is 2.11. The first-order valence-corrected chi connectivity index (χ1v) is 6.55. The van der Waals surface area contributed by atoms with E-state index in [4.69, 9.17) is 14.2 Å². The van der Waals surface area contributed by atoms with Gasteiger partial charge in [0.15, 0.2) is 0 Å². The molecule has 2 N–H and O–H groups in total. The van der Waals surface area contributed by atoms with Gasteiger partial charge >= 0.3 is 6.01 Å². The summed E-state index contributed by atoms with van der Waals surface area (Å²) in [5.74, 6) is 0.892. The molecular formula is C12H23N5O3. The summed E-state index contributed by atoms with van der Waals surface area (Å²) in [4.78, 5) is 12.5. The maximum atomic E-state index is 5.42. The summed E-state index contributed by atoms with van der Waals surface area (Å²) >= 11 is 0. The van der Waals surface area contributed by atoms with Crippen LogP contribution in [0.15, 0.2) is 0 Å². The number of hydrogen-bond acceptors (Lipinski definition) is 8. The quantitative estimate of drug-likeness (QED) is 0.651. The second kappa shape index (κ2) is 9.27. The molecule has 1 atom stereocenters. The van der Waals surface area contributed by atoms with E-state index in [0.717, 1.165) is 6.42 Å². The predicted molar refractivity (Wildman–Crippen MR) is 76.3 cm³/mol. The summed E-state index contributed by atoms with van der Waals surface area (Å²) in [5.41, 5.74) is 0. The normalized spacial score (nSPS) is 12.0. The molecule has 1 aromatic heterocycles. The highest BCUT2D eigenvalue weighted by Gasteiger charge is 2.10. The van der Waals surface area contributed by atoms with Gasteiger partial charge in [0.25, 0.3) is 0 Å². The number of rotatable bonds is 10. The molecule has 0 bridgehead atoms. The Hall–Kier alpha value is -1.67. The van der Waals surface area contributed by atoms with Gasteiger partial charge in [-0.05, 0) is 6.42 Å². The highest BCUT2D eigenvalue weighted by molar-refractivity contribution is 5.35. The van der Waals surface area contributed by atoms with Gasteiger partial charge in [0, 0.05) is 27.8 Å². The van der Waals surface area contributed by atoms with Crippen molar-refractivity contribution in [2.24, 2.45) is 0 Å². The van der Waals surface area contributed by atoms with Gasteiger partial charge in [0.2, 0.25) is 11.9 Å². The number of anilines is 2. The maximum Gasteiger partial charge on any atom is 0.323 e. The molecule has 0 saturated heterocycles. The molecule has 0 aliphatic rings. The van der Waals surface area contributed by atoms with Gasteiger partial charge in [-0.25, -0.2) is 0 Å². The lowest BCUT2D eigenvalue weighted by Crippen LogP contribution is -2.27. The molecule has 0 radical (unpaired) electrons. The Kier molecular flexibility index (Phi) is 7.59. The van der Waals surface area contributed by atoms with Crippen molar-refractivity contribution in [1.82, 2.24) is 15.0 Å². The van der Waals surface area contributed by atoms with E-state index in [9.17, 15) is 0 Å². The predicted octanol–water partition coefficient (Wildman–Crippen LogP) is 0.775. The minimum absolute atomic E-state index is 0.0742. The van der Waals surface area contributed by atoms with Gasteiger partial charge in [-0.2, -0.15) is 15.0 Å². The number of methoxy groups -OCH3 is 2. The van der Waals surface area contributed by atoms with Gasteiger partial charge in [0.1, 0.15) is 0 Å². The smallest absolute Gasteiger partial charge is 0.323 e. The molecule has 1 aromatic rings. The molecule has 0 saturated carbocycles. The fourth-order valence-corrected chi connectivity index (χ4v) is 1.41. The molecule has 0 aliphatic heterocycles. The lowest BCUT2D eigenvalue weighted by atomic mass is 10.4. The van der Waals surface area contributed by atoms with Crippen molar-refractivity contribution in [2.75, 3.05) is 51.7 Å². The number of nitrogens with one attached hydrogen (secondary N) is 2. The van der Waals surface area contributed by atoms with Crippen LogP contribution in [0.4, 0.5) is 11.9 Å². The standard InChI is InChI=1S/C12H23N5O3/c1-5-6-20-12-16-10(13-2)15-11(17-12)14-7-9(19-4)8-18-3/h9H,5-8H2,1-4H3,(H2,13,14,15,16,17). The van der Waals surface area contributed by atoms with Crippen molar-refractivity contribution in [3.63, 3.8) is 0 Å². The zero-order chi connectivity index (χ0) is 14.8. The number of hydrogen-bond donors (Lipinski definition) is 2. The summed E-state index contributed by atoms with van der Waals surface area (Å²) in [7, 11) is 5.00. The number of aromatic nitrogens is 3. The SMILES string of the molecule is CCCOc1nc(NC)nc(NCC(COC)OC)n1. The van der Waals surface area contributed by atoms with Crippen molar-refractivity contribution in [1.29, 1.82) is 0 Å². The molecule has 114 valence electrons. The second-order valence-electron chi connectivity index (χ2n) is 4.06. The van der Waals surface area contributed by atoms with Crippen molar-refractivity contribution < 1.29 is 14.2 Å². The van der Waals surface area contributed by atoms with Crippen LogP contribution in [-0.2, 0) is 9.47 Å². The molecule has 8 heteroatoms. The summed E-state index contributed by atoms with van der Waals surface area (Å²) in [6.07, 6.45) is 0.818. The van der Waals surface area contributed by atoms with Crippen LogP contribution in [0.1, 0.15) is 13.3 Å². The molecule has 20 heavy (non-hydrogen) atoms. The zero-order valence-corrected chi connectivity index (χ0v) is 12.5. The average molecular weight is 285 g/mol. The first-order valence-electron chi connectivity index (χ1n) is 6.55. The highest BCUT2D eigenvalue weighted by atomic mass is 16.5. The van der Waals surface area contributed by atoms with Crippen molar-refractivity contribution in [3.05, 3.63) is 0 Å². The monoisotopic (exact) mass is 285 g/mol. The number of nitrogens with zero attached hydrogens (tertiary/aromatic N) is 3. The molecular weight excluding hydrogens is 262 g/mol. The Labute approximate surface area is 119 Å². The van der Waals surface area contributed by atoms with E-state index in [1.807, 2.05) is 6.92 Å². The molecule has 0 spiro atoms. The third kappa shape index (κ3) is 5.54. The van der Waals surface area contributed by atoms with Crippen molar-refractivity contribution >= 4 is 11.9 Å². The van der Waals surface area contributed by atoms with E-state index >= 15 is 0 Å². The third-order valence-corrected chi connectivity index (χ3v) is 2.45. The molecule has 1 rings (SSSR count). The average Bonchev–Trinajstić information content (AvgIpc) is 2.49. The topological polar surface area (TPSA) is 90.4 Å². The van der Waals surface area contributed by atoms with E-state index in [0.29, 0.717) is 37.7 Å². The Bertz CT molecular complexity index is 391. The van der Waals surface area contributed by atoms with E-state index in [2.05, 4.69) is 25.6 Å². The molecule has 0 aromatic carbocycles. The van der Waals surface area contributed by atoms with Gasteiger partial charge in [0.05, 0.1) is 19.3 Å². The zero-order valence-electron chi connectivity index (χ0n) is 12.5. The molecule has 0 amide bonds. The fourth-order valence-electron chi connectivity index (χ4n) is 1.41. The van der Waals surface area contributed by atoms with E-state index in [-0.39, 0.29) is 6.10 Å². The van der Waals surface area contributed by atoms with Crippen LogP contribution in [-0.4, -0.2) is 62.1 Å². The lowest BCUT2D eigenvalue weighted by Gasteiger charge is -2.15. The van der Waals surface area contributed by atoms with Crippen LogP contribution in [0.25, 0.3) is 0 Å². The van der Waals surface area contributed by atoms with Crippen molar-refractivity contribution in [3.8, 4) is 6.01 Å². The first-order chi connectivity index (χ1) is 9.73. The van der Waals surface area contributed by atoms with Crippen LogP contribution in [0.2, 0.25) is 0 Å². The summed E-state index contributed by atoms with van der Waals surface area (Å²) in [5, 5.41) is 5.96. The Morgan fingerprint density at radius 2 is 1.90 bits per heavy atom. The summed E-state index contributed by atoms with van der Waals surface area (Å²) in [6.45, 7) is 3.61. The van der Waals surface area contributed by atoms with Crippen molar-refractivity contribution in [2.45, 2.75) is 19.4 Å². The Morgan fingerprint density at radius 1 is 1.15 bits per heavy atom. The minimum Gasteiger partial charge on any atom is -0.463 e. The second-order valence-corrected chi connectivity index (χ2v) is 4.06. The van der Waals surface area contributed by atoms with Crippen LogP contribution >= 0.6 is 0 Å². The largest absolute Gasteiger partial charge is 0.463 e. The van der Waals surface area contributed by atoms with E-state index < -0.39 is 0 Å². The summed E-state index contributed by atoms with van der Waals surface area (Å²) in [6, 6.07) is 0.300. The van der Waals surface area contributed by atoms with Crippen LogP contribution in [0.3, 0.4) is 0 Å². The van der Waals surface area contributed by atoms with Gasteiger partial charge < -0.3 is 24.8 Å². The molecule has 1 heterocycles. The minimum atomic E-state index is -0.0742. The molecule has 0 aliphatic carbocycles. The Balaban J connectivity index is 2.67. The third-order valence-electron chi connectivity index (χ3n) is 2.45. The Morgan fingerprint density at radius 3 is 2.50 bits per heavy atom. The lowest BCUT2D eigenvalue weighted by molar-refractivity contribution is 0.0364. The van der Waals surface area contributed by atoms with E-state index in [1.54, 1.807) is 21.3 Å². The molecule has 0 fully saturated rings. The van der Waals surface area contributed by atoms with Gasteiger partial charge in [-0.1, -0.05) is 6.92 Å². The van der Waals surface area contributed by atoms with Crippen LogP contribution in [0, 0.1) is 0 Å². The summed E-state index contributed by atoms with van der Waals surface area (Å²) < 4.78 is 15.7. The van der Waals surface area contributed by atoms with Gasteiger partial charge in [-0.3, -0.25) is 0 Å². The van der Waals surface area contributed by atoms with Crippen LogP contribution in [0.5, 0.6) is 6.01 Å². The number of ether oxygens (including phenoxy) is 3. The van der Waals surface area contributed by atoms with Gasteiger partial charge in [-0.15, -0.1) is 0 Å². The molecule has 1 unspecified atom stereocenters.